The maximum absolute atomic E-state index is 12.9. The lowest BCUT2D eigenvalue weighted by molar-refractivity contribution is 0.0730. The van der Waals surface area contributed by atoms with Crippen LogP contribution in [0.2, 0.25) is 0 Å². The van der Waals surface area contributed by atoms with Crippen molar-refractivity contribution >= 4 is 15.9 Å². The molecule has 0 unspecified atom stereocenters. The molecular formula is C21H26N2O5S. The Bertz CT molecular complexity index is 941. The molecule has 1 aliphatic rings. The third-order valence-electron chi connectivity index (χ3n) is 4.83. The van der Waals surface area contributed by atoms with Gasteiger partial charge >= 0.3 is 0 Å². The highest BCUT2D eigenvalue weighted by Gasteiger charge is 2.27. The van der Waals surface area contributed by atoms with Crippen LogP contribution < -0.4 is 4.74 Å². The van der Waals surface area contributed by atoms with Gasteiger partial charge in [0.05, 0.1) is 24.7 Å². The quantitative estimate of drug-likeness (QED) is 0.689. The van der Waals surface area contributed by atoms with E-state index in [2.05, 4.69) is 0 Å². The number of nitrogens with zero attached hydrogens (tertiary/aromatic N) is 2. The van der Waals surface area contributed by atoms with E-state index in [1.54, 1.807) is 26.1 Å². The Labute approximate surface area is 171 Å². The van der Waals surface area contributed by atoms with E-state index in [-0.39, 0.29) is 10.8 Å². The number of carbonyl (C=O) groups is 1. The largest absolute Gasteiger partial charge is 0.492 e. The fourth-order valence-electron chi connectivity index (χ4n) is 3.05. The molecular weight excluding hydrogens is 392 g/mol. The van der Waals surface area contributed by atoms with Crippen LogP contribution in [-0.2, 0) is 14.8 Å². The van der Waals surface area contributed by atoms with Crippen molar-refractivity contribution in [2.45, 2.75) is 11.8 Å². The SMILES string of the molecule is Cc1ccc(S(=O)(=O)N2CCOCC2)cc1C(=O)N(C)CCOc1ccccc1. The molecule has 0 spiro atoms. The lowest BCUT2D eigenvalue weighted by atomic mass is 10.1. The van der Waals surface area contributed by atoms with E-state index in [1.165, 1.54) is 15.3 Å². The number of morpholine rings is 1. The molecule has 1 amide bonds. The maximum Gasteiger partial charge on any atom is 0.254 e. The van der Waals surface area contributed by atoms with Crippen molar-refractivity contribution in [3.8, 4) is 5.75 Å². The highest BCUT2D eigenvalue weighted by Crippen LogP contribution is 2.21. The minimum atomic E-state index is -3.66. The first-order valence-corrected chi connectivity index (χ1v) is 11.0. The number of rotatable bonds is 7. The lowest BCUT2D eigenvalue weighted by Crippen LogP contribution is -2.40. The molecule has 0 N–H and O–H groups in total. The summed E-state index contributed by atoms with van der Waals surface area (Å²) < 4.78 is 38.1. The standard InChI is InChI=1S/C21H26N2O5S/c1-17-8-9-19(29(25,26)23-11-13-27-14-12-23)16-20(17)21(24)22(2)10-15-28-18-6-4-3-5-7-18/h3-9,16H,10-15H2,1-2H3. The normalized spacial score (nSPS) is 15.1. The number of hydrogen-bond acceptors (Lipinski definition) is 5. The first-order valence-electron chi connectivity index (χ1n) is 9.51. The van der Waals surface area contributed by atoms with Crippen molar-refractivity contribution < 1.29 is 22.7 Å². The van der Waals surface area contributed by atoms with Gasteiger partial charge in [0, 0.05) is 25.7 Å². The molecule has 2 aromatic rings. The van der Waals surface area contributed by atoms with Gasteiger partial charge in [-0.25, -0.2) is 8.42 Å². The molecule has 29 heavy (non-hydrogen) atoms. The molecule has 8 heteroatoms. The average molecular weight is 419 g/mol. The zero-order valence-corrected chi connectivity index (χ0v) is 17.5. The molecule has 0 radical (unpaired) electrons. The van der Waals surface area contributed by atoms with E-state index in [0.29, 0.717) is 45.0 Å². The van der Waals surface area contributed by atoms with Gasteiger partial charge in [-0.15, -0.1) is 0 Å². The number of hydrogen-bond donors (Lipinski definition) is 0. The molecule has 0 aliphatic carbocycles. The minimum absolute atomic E-state index is 0.127. The van der Waals surface area contributed by atoms with Crippen LogP contribution >= 0.6 is 0 Å². The third kappa shape index (κ3) is 5.14. The molecule has 2 aromatic carbocycles. The van der Waals surface area contributed by atoms with Gasteiger partial charge in [-0.2, -0.15) is 4.31 Å². The summed E-state index contributed by atoms with van der Waals surface area (Å²) in [4.78, 5) is 14.6. The second kappa shape index (κ2) is 9.39. The van der Waals surface area contributed by atoms with E-state index in [0.717, 1.165) is 11.3 Å². The summed E-state index contributed by atoms with van der Waals surface area (Å²) in [5, 5.41) is 0. The van der Waals surface area contributed by atoms with Gasteiger partial charge < -0.3 is 14.4 Å². The maximum atomic E-state index is 12.9. The highest BCUT2D eigenvalue weighted by molar-refractivity contribution is 7.89. The third-order valence-corrected chi connectivity index (χ3v) is 6.73. The number of amides is 1. The first-order chi connectivity index (χ1) is 13.9. The summed E-state index contributed by atoms with van der Waals surface area (Å²) in [5.41, 5.74) is 1.10. The van der Waals surface area contributed by atoms with E-state index < -0.39 is 10.0 Å². The van der Waals surface area contributed by atoms with Gasteiger partial charge in [0.2, 0.25) is 10.0 Å². The van der Waals surface area contributed by atoms with Crippen LogP contribution in [0.1, 0.15) is 15.9 Å². The predicted molar refractivity (Wildman–Crippen MR) is 110 cm³/mol. The number of likely N-dealkylation sites (N-methyl/N-ethyl adjacent to an activating group) is 1. The van der Waals surface area contributed by atoms with E-state index in [1.807, 2.05) is 30.3 Å². The topological polar surface area (TPSA) is 76.2 Å². The fourth-order valence-corrected chi connectivity index (χ4v) is 4.49. The summed E-state index contributed by atoms with van der Waals surface area (Å²) in [6, 6.07) is 14.1. The van der Waals surface area contributed by atoms with E-state index in [9.17, 15) is 13.2 Å². The van der Waals surface area contributed by atoms with Crippen molar-refractivity contribution in [3.63, 3.8) is 0 Å². The van der Waals surface area contributed by atoms with E-state index in [4.69, 9.17) is 9.47 Å². The Hall–Kier alpha value is -2.42. The van der Waals surface area contributed by atoms with Gasteiger partial charge in [0.1, 0.15) is 12.4 Å². The molecule has 0 bridgehead atoms. The number of ether oxygens (including phenoxy) is 2. The number of sulfonamides is 1. The Balaban J connectivity index is 1.70. The summed E-state index contributed by atoms with van der Waals surface area (Å²) in [6.07, 6.45) is 0. The monoisotopic (exact) mass is 418 g/mol. The molecule has 1 heterocycles. The highest BCUT2D eigenvalue weighted by atomic mass is 32.2. The van der Waals surface area contributed by atoms with Gasteiger partial charge in [0.15, 0.2) is 0 Å². The molecule has 1 aliphatic heterocycles. The van der Waals surface area contributed by atoms with Crippen LogP contribution in [0.3, 0.4) is 0 Å². The zero-order chi connectivity index (χ0) is 20.9. The summed E-state index contributed by atoms with van der Waals surface area (Å²) in [6.45, 7) is 3.91. The van der Waals surface area contributed by atoms with Crippen LogP contribution in [0.4, 0.5) is 0 Å². The average Bonchev–Trinajstić information content (AvgIpc) is 2.74. The Morgan fingerprint density at radius 1 is 1.14 bits per heavy atom. The van der Waals surface area contributed by atoms with Gasteiger partial charge in [-0.1, -0.05) is 24.3 Å². The molecule has 3 rings (SSSR count). The van der Waals surface area contributed by atoms with Crippen LogP contribution in [0.25, 0.3) is 0 Å². The molecule has 0 saturated carbocycles. The summed E-state index contributed by atoms with van der Waals surface area (Å²) >= 11 is 0. The van der Waals surface area contributed by atoms with Crippen molar-refractivity contribution in [3.05, 3.63) is 59.7 Å². The van der Waals surface area contributed by atoms with Crippen molar-refractivity contribution in [1.29, 1.82) is 0 Å². The molecule has 1 saturated heterocycles. The Kier molecular flexibility index (Phi) is 6.89. The fraction of sp³-hybridized carbons (Fsp3) is 0.381. The smallest absolute Gasteiger partial charge is 0.254 e. The van der Waals surface area contributed by atoms with Crippen LogP contribution in [0.5, 0.6) is 5.75 Å². The Morgan fingerprint density at radius 3 is 2.52 bits per heavy atom. The second-order valence-corrected chi connectivity index (χ2v) is 8.82. The zero-order valence-electron chi connectivity index (χ0n) is 16.7. The lowest BCUT2D eigenvalue weighted by Gasteiger charge is -2.26. The molecule has 0 aromatic heterocycles. The van der Waals surface area contributed by atoms with Crippen molar-refractivity contribution in [1.82, 2.24) is 9.21 Å². The summed E-state index contributed by atoms with van der Waals surface area (Å²) in [7, 11) is -1.98. The molecule has 1 fully saturated rings. The van der Waals surface area contributed by atoms with Crippen LogP contribution in [-0.4, -0.2) is 70.0 Å². The minimum Gasteiger partial charge on any atom is -0.492 e. The molecule has 0 atom stereocenters. The van der Waals surface area contributed by atoms with Crippen LogP contribution in [0.15, 0.2) is 53.4 Å². The predicted octanol–water partition coefficient (Wildman–Crippen LogP) is 2.17. The molecule has 156 valence electrons. The Morgan fingerprint density at radius 2 is 1.83 bits per heavy atom. The number of benzene rings is 2. The number of aryl methyl sites for hydroxylation is 1. The van der Waals surface area contributed by atoms with Crippen molar-refractivity contribution in [2.24, 2.45) is 0 Å². The number of para-hydroxylation sites is 1. The van der Waals surface area contributed by atoms with Gasteiger partial charge in [-0.05, 0) is 36.8 Å². The summed E-state index contributed by atoms with van der Waals surface area (Å²) in [5.74, 6) is 0.501. The van der Waals surface area contributed by atoms with Crippen LogP contribution in [0, 0.1) is 6.92 Å². The first kappa shape index (κ1) is 21.3. The molecule has 7 nitrogen and oxygen atoms in total. The van der Waals surface area contributed by atoms with Gasteiger partial charge in [-0.3, -0.25) is 4.79 Å². The van der Waals surface area contributed by atoms with Crippen molar-refractivity contribution in [2.75, 3.05) is 46.5 Å². The van der Waals surface area contributed by atoms with E-state index >= 15 is 0 Å². The second-order valence-electron chi connectivity index (χ2n) is 6.88. The van der Waals surface area contributed by atoms with Gasteiger partial charge in [0.25, 0.3) is 5.91 Å². The number of carbonyl (C=O) groups excluding carboxylic acids is 1.